The van der Waals surface area contributed by atoms with Crippen molar-refractivity contribution in [3.8, 4) is 34.2 Å². The normalized spacial score (nSPS) is 13.2. The third-order valence-corrected chi connectivity index (χ3v) is 20.3. The molecule has 1 aliphatic rings. The molecule has 0 spiro atoms. The summed E-state index contributed by atoms with van der Waals surface area (Å²) in [7, 11) is 0. The van der Waals surface area contributed by atoms with Crippen LogP contribution in [0.15, 0.2) is 249 Å². The number of para-hydroxylation sites is 6. The van der Waals surface area contributed by atoms with E-state index in [1.165, 1.54) is 54.1 Å². The Bertz CT molecular complexity index is 4570. The maximum Gasteiger partial charge on any atom is 0.138 e. The minimum atomic E-state index is -2.65. The minimum absolute atomic E-state index is 0.787. The van der Waals surface area contributed by atoms with E-state index < -0.39 is 6.04 Å². The van der Waals surface area contributed by atoms with Gasteiger partial charge < -0.3 is 23.0 Å². The van der Waals surface area contributed by atoms with Gasteiger partial charge in [0.05, 0.1) is 44.1 Å². The van der Waals surface area contributed by atoms with Crippen molar-refractivity contribution >= 4 is 121 Å². The molecule has 0 atom stereocenters. The monoisotopic (exact) mass is 968 g/mol. The molecule has 16 rings (SSSR count). The van der Waals surface area contributed by atoms with E-state index in [1.54, 1.807) is 0 Å². The largest absolute Gasteiger partial charge is 0.456 e. The Morgan fingerprint density at radius 3 is 1.10 bits per heavy atom. The molecule has 4 aromatic heterocycles. The van der Waals surface area contributed by atoms with Gasteiger partial charge in [0, 0.05) is 94.6 Å². The molecular formula is C66H41N4OPS. The summed E-state index contributed by atoms with van der Waals surface area (Å²) in [6.45, 7) is 0. The minimum Gasteiger partial charge on any atom is -0.456 e. The second-order valence-electron chi connectivity index (χ2n) is 19.1. The Morgan fingerprint density at radius 1 is 0.288 bits per heavy atom. The van der Waals surface area contributed by atoms with Crippen LogP contribution in [0.25, 0.3) is 110 Å². The summed E-state index contributed by atoms with van der Waals surface area (Å²) in [5.74, 6) is 1.57. The molecule has 0 radical (unpaired) electrons. The van der Waals surface area contributed by atoms with Gasteiger partial charge in [-0.2, -0.15) is 0 Å². The number of ether oxygens (including phenoxy) is 1. The lowest BCUT2D eigenvalue weighted by Gasteiger charge is -2.33. The van der Waals surface area contributed by atoms with Crippen LogP contribution in [0.4, 0.5) is 0 Å². The molecule has 0 fully saturated rings. The van der Waals surface area contributed by atoms with Crippen LogP contribution in [-0.2, 0) is 11.8 Å². The fraction of sp³-hybridized carbons (Fsp3) is 0. The molecule has 5 nitrogen and oxygen atoms in total. The molecule has 0 amide bonds. The van der Waals surface area contributed by atoms with Crippen LogP contribution in [-0.4, -0.2) is 18.3 Å². The molecule has 5 heterocycles. The molecule has 0 unspecified atom stereocenters. The zero-order valence-electron chi connectivity index (χ0n) is 39.2. The number of hydrogen-bond acceptors (Lipinski definition) is 2. The van der Waals surface area contributed by atoms with E-state index >= 15 is 0 Å². The Labute approximate surface area is 424 Å². The Morgan fingerprint density at radius 2 is 0.658 bits per heavy atom. The lowest BCUT2D eigenvalue weighted by Crippen LogP contribution is -2.30. The standard InChI is InChI=1S/C66H41N4OPS/c73-72(46-22-8-3-9-23-46)61-38-32-44(69-53-28-14-10-24-47(53)49-34-36-57-63(65(49)69)51-26-12-16-30-55(51)67(57)42-18-4-1-5-19-42)40-59(61)71-60-41-45(33-39-62(60)72)70-54-29-15-11-25-48(54)50-35-37-58-64(66(50)70)52-27-13-17-31-56(52)68(58)43-20-6-2-7-21-43/h1-41H. The van der Waals surface area contributed by atoms with Gasteiger partial charge in [-0.1, -0.05) is 163 Å². The molecule has 7 heteroatoms. The van der Waals surface area contributed by atoms with Gasteiger partial charge in [-0.05, 0) is 90.2 Å². The quantitative estimate of drug-likeness (QED) is 0.161. The summed E-state index contributed by atoms with van der Waals surface area (Å²) >= 11 is 7.17. The number of fused-ring (bicyclic) bond motifs is 16. The van der Waals surface area contributed by atoms with E-state index in [0.717, 1.165) is 83.3 Å². The summed E-state index contributed by atoms with van der Waals surface area (Å²) in [6.07, 6.45) is 0. The maximum absolute atomic E-state index is 7.39. The predicted molar refractivity (Wildman–Crippen MR) is 310 cm³/mol. The molecule has 1 aliphatic heterocycles. The van der Waals surface area contributed by atoms with Crippen molar-refractivity contribution in [2.24, 2.45) is 0 Å². The molecule has 73 heavy (non-hydrogen) atoms. The number of aromatic nitrogens is 4. The lowest BCUT2D eigenvalue weighted by atomic mass is 10.1. The van der Waals surface area contributed by atoms with Crippen molar-refractivity contribution in [2.45, 2.75) is 0 Å². The molecule has 0 bridgehead atoms. The topological polar surface area (TPSA) is 28.9 Å². The highest BCUT2D eigenvalue weighted by Gasteiger charge is 2.36. The summed E-state index contributed by atoms with van der Waals surface area (Å²) < 4.78 is 17.1. The second kappa shape index (κ2) is 15.3. The summed E-state index contributed by atoms with van der Waals surface area (Å²) in [6, 6.07) is 87.4. The molecule has 0 aliphatic carbocycles. The Kier molecular flexibility index (Phi) is 8.54. The van der Waals surface area contributed by atoms with Gasteiger partial charge in [-0.15, -0.1) is 0 Å². The molecule has 0 N–H and O–H groups in total. The van der Waals surface area contributed by atoms with Crippen LogP contribution in [0.2, 0.25) is 0 Å². The summed E-state index contributed by atoms with van der Waals surface area (Å²) in [4.78, 5) is 0. The van der Waals surface area contributed by atoms with E-state index in [1.807, 2.05) is 0 Å². The molecule has 15 aromatic rings. The first-order valence-electron chi connectivity index (χ1n) is 24.8. The van der Waals surface area contributed by atoms with Crippen molar-refractivity contribution < 1.29 is 4.74 Å². The molecule has 342 valence electrons. The molecule has 0 saturated carbocycles. The van der Waals surface area contributed by atoms with E-state index in [-0.39, 0.29) is 0 Å². The zero-order chi connectivity index (χ0) is 47.9. The van der Waals surface area contributed by atoms with Crippen molar-refractivity contribution in [3.05, 3.63) is 249 Å². The van der Waals surface area contributed by atoms with E-state index in [4.69, 9.17) is 16.5 Å². The van der Waals surface area contributed by atoms with Gasteiger partial charge in [0.2, 0.25) is 0 Å². The lowest BCUT2D eigenvalue weighted by molar-refractivity contribution is 0.488. The van der Waals surface area contributed by atoms with Gasteiger partial charge in [0.25, 0.3) is 0 Å². The highest BCUT2D eigenvalue weighted by atomic mass is 32.4. The number of hydrogen-bond donors (Lipinski definition) is 0. The highest BCUT2D eigenvalue weighted by molar-refractivity contribution is 8.25. The van der Waals surface area contributed by atoms with Gasteiger partial charge >= 0.3 is 0 Å². The number of benzene rings is 11. The van der Waals surface area contributed by atoms with Crippen LogP contribution in [0.5, 0.6) is 11.5 Å². The van der Waals surface area contributed by atoms with Gasteiger partial charge in [0.15, 0.2) is 0 Å². The van der Waals surface area contributed by atoms with Gasteiger partial charge in [-0.3, -0.25) is 0 Å². The number of rotatable bonds is 5. The predicted octanol–water partition coefficient (Wildman–Crippen LogP) is 15.9. The second-order valence-corrected chi connectivity index (χ2v) is 23.5. The summed E-state index contributed by atoms with van der Waals surface area (Å²) in [5, 5.41) is 12.9. The van der Waals surface area contributed by atoms with Crippen LogP contribution in [0.1, 0.15) is 0 Å². The van der Waals surface area contributed by atoms with E-state index in [9.17, 15) is 0 Å². The molecule has 11 aromatic carbocycles. The first-order chi connectivity index (χ1) is 36.1. The molecule has 0 saturated heterocycles. The third kappa shape index (κ3) is 5.59. The van der Waals surface area contributed by atoms with Crippen molar-refractivity contribution in [2.75, 3.05) is 0 Å². The third-order valence-electron chi connectivity index (χ3n) is 15.4. The Hall–Kier alpha value is -8.93. The van der Waals surface area contributed by atoms with Crippen molar-refractivity contribution in [1.82, 2.24) is 18.3 Å². The maximum atomic E-state index is 7.39. The summed E-state index contributed by atoms with van der Waals surface area (Å²) in [5.41, 5.74) is 13.5. The molecular weight excluding hydrogens is 928 g/mol. The van der Waals surface area contributed by atoms with Gasteiger partial charge in [-0.25, -0.2) is 0 Å². The SMILES string of the molecule is S=P1(c2ccccc2)c2ccc(-n3c4ccccc4c4ccc5c(c6ccccc6n5-c5ccccc5)c43)cc2Oc2cc(-n3c4ccccc4c4ccc5c(c6ccccc6n5-c5ccccc5)c43)ccc21. The van der Waals surface area contributed by atoms with Crippen LogP contribution < -0.4 is 20.7 Å². The van der Waals surface area contributed by atoms with Crippen LogP contribution in [0.3, 0.4) is 0 Å². The van der Waals surface area contributed by atoms with Gasteiger partial charge in [0.1, 0.15) is 11.5 Å². The zero-order valence-corrected chi connectivity index (χ0v) is 40.9. The van der Waals surface area contributed by atoms with Crippen LogP contribution in [0, 0.1) is 0 Å². The highest BCUT2D eigenvalue weighted by Crippen LogP contribution is 2.54. The first-order valence-corrected chi connectivity index (χ1v) is 27.6. The fourth-order valence-electron chi connectivity index (χ4n) is 12.4. The van der Waals surface area contributed by atoms with E-state index in [2.05, 4.69) is 267 Å². The fourth-order valence-corrected chi connectivity index (χ4v) is 16.5. The number of nitrogens with zero attached hydrogens (tertiary/aromatic N) is 4. The Balaban J connectivity index is 0.949. The van der Waals surface area contributed by atoms with Crippen molar-refractivity contribution in [3.63, 3.8) is 0 Å². The van der Waals surface area contributed by atoms with Crippen LogP contribution >= 0.6 is 6.04 Å². The first kappa shape index (κ1) is 40.8. The van der Waals surface area contributed by atoms with Crippen molar-refractivity contribution in [1.29, 1.82) is 0 Å². The average Bonchev–Trinajstić information content (AvgIpc) is 4.19. The smallest absolute Gasteiger partial charge is 0.138 e. The average molecular weight is 969 g/mol. The van der Waals surface area contributed by atoms with E-state index in [0.29, 0.717) is 0 Å².